The average molecular weight is 801 g/mol. The fourth-order valence-electron chi connectivity index (χ4n) is 11.3. The summed E-state index contributed by atoms with van der Waals surface area (Å²) in [7, 11) is -4.33. The van der Waals surface area contributed by atoms with Crippen LogP contribution in [0.5, 0.6) is 0 Å². The van der Waals surface area contributed by atoms with Crippen molar-refractivity contribution < 1.29 is 107 Å². The van der Waals surface area contributed by atoms with Crippen LogP contribution in [0.1, 0.15) is 84.5 Å². The van der Waals surface area contributed by atoms with Gasteiger partial charge in [0.1, 0.15) is 48.8 Å². The van der Waals surface area contributed by atoms with E-state index in [9.17, 15) is 53.5 Å². The van der Waals surface area contributed by atoms with E-state index in [-0.39, 0.29) is 77.6 Å². The van der Waals surface area contributed by atoms with Crippen molar-refractivity contribution in [3.63, 3.8) is 0 Å². The molecule has 16 nitrogen and oxygen atoms in total. The number of carbonyl (C=O) groups excluding carboxylic acids is 1. The van der Waals surface area contributed by atoms with Crippen LogP contribution in [-0.2, 0) is 38.6 Å². The zero-order chi connectivity index (χ0) is 38.7. The summed E-state index contributed by atoms with van der Waals surface area (Å²) >= 11 is 0. The van der Waals surface area contributed by atoms with Crippen LogP contribution in [0.25, 0.3) is 0 Å². The molecule has 0 radical (unpaired) electrons. The van der Waals surface area contributed by atoms with Crippen LogP contribution in [0.4, 0.5) is 0 Å². The molecule has 0 aromatic rings. The van der Waals surface area contributed by atoms with Crippen molar-refractivity contribution in [1.82, 2.24) is 0 Å². The quantitative estimate of drug-likeness (QED) is 0.0253. The standard InChI is InChI=1S/C36H58O16S.Na/c1-19-15-35-11-7-22-33(2,9-6-10-34(22,3)32(44)48-13-4-5-14-53(45,46)47)23(35)8-12-36(19,18-35)52-31-29(27(42)25(40)21(17-38)50-31)51-30-28(43)26(41)24(39)20(16-37)49-30;/h20-31,37-43H,1,4-18H2,2-3H3,(H,45,46,47);/q;+1/p-1/t20-,21-,22-,23-,24+,25+,26-,27-,28-,29-,30-,31-,33+,34+,35+,36-;/m0./s1. The van der Waals surface area contributed by atoms with Crippen LogP contribution >= 0.6 is 0 Å². The van der Waals surface area contributed by atoms with E-state index in [2.05, 4.69) is 13.5 Å². The molecule has 0 aromatic heterocycles. The summed E-state index contributed by atoms with van der Waals surface area (Å²) in [4.78, 5) is 13.7. The largest absolute Gasteiger partial charge is 1.00 e. The first-order chi connectivity index (χ1) is 24.8. The fourth-order valence-corrected chi connectivity index (χ4v) is 11.9. The molecule has 6 fully saturated rings. The van der Waals surface area contributed by atoms with E-state index in [1.165, 1.54) is 0 Å². The van der Waals surface area contributed by atoms with Crippen LogP contribution in [0.15, 0.2) is 12.2 Å². The molecule has 1 spiro atoms. The van der Waals surface area contributed by atoms with Crippen molar-refractivity contribution in [3.05, 3.63) is 12.2 Å². The zero-order valence-electron chi connectivity index (χ0n) is 31.5. The van der Waals surface area contributed by atoms with Crippen molar-refractivity contribution in [2.75, 3.05) is 25.6 Å². The Morgan fingerprint density at radius 2 is 1.50 bits per heavy atom. The van der Waals surface area contributed by atoms with Crippen molar-refractivity contribution in [1.29, 1.82) is 0 Å². The molecular formula is C36H57NaO16S. The molecular weight excluding hydrogens is 743 g/mol. The monoisotopic (exact) mass is 800 g/mol. The third-order valence-corrected chi connectivity index (χ3v) is 14.7. The van der Waals surface area contributed by atoms with Crippen LogP contribution < -0.4 is 29.6 Å². The Kier molecular flexibility index (Phi) is 13.9. The minimum atomic E-state index is -4.33. The summed E-state index contributed by atoms with van der Waals surface area (Å²) in [6, 6.07) is 0. The van der Waals surface area contributed by atoms with Gasteiger partial charge in [0, 0.05) is 5.75 Å². The number of unbranched alkanes of at least 4 members (excludes halogenated alkanes) is 1. The number of fused-ring (bicyclic) bond motifs is 3. The third kappa shape index (κ3) is 8.02. The number of ether oxygens (including phenoxy) is 5. The maximum Gasteiger partial charge on any atom is 1.00 e. The maximum absolute atomic E-state index is 13.7. The van der Waals surface area contributed by atoms with Crippen LogP contribution in [-0.4, -0.2) is 147 Å². The maximum atomic E-state index is 13.7. The number of carbonyl (C=O) groups is 1. The van der Waals surface area contributed by atoms with Gasteiger partial charge in [-0.05, 0) is 99.4 Å². The summed E-state index contributed by atoms with van der Waals surface area (Å²) in [6.45, 7) is 7.43. The molecule has 0 unspecified atom stereocenters. The second-order valence-corrected chi connectivity index (χ2v) is 18.5. The number of rotatable bonds is 12. The first kappa shape index (κ1) is 44.8. The molecule has 2 saturated heterocycles. The predicted octanol–water partition coefficient (Wildman–Crippen LogP) is -3.41. The van der Waals surface area contributed by atoms with Crippen molar-refractivity contribution in [3.8, 4) is 0 Å². The number of hydrogen-bond acceptors (Lipinski definition) is 16. The van der Waals surface area contributed by atoms with Gasteiger partial charge in [0.25, 0.3) is 0 Å². The second-order valence-electron chi connectivity index (χ2n) is 17.0. The molecule has 0 amide bonds. The Morgan fingerprint density at radius 1 is 0.870 bits per heavy atom. The predicted molar refractivity (Wildman–Crippen MR) is 181 cm³/mol. The molecule has 304 valence electrons. The first-order valence-electron chi connectivity index (χ1n) is 18.9. The van der Waals surface area contributed by atoms with E-state index < -0.39 is 102 Å². The molecule has 16 atom stereocenters. The molecule has 6 aliphatic rings. The van der Waals surface area contributed by atoms with Crippen molar-refractivity contribution >= 4 is 16.1 Å². The van der Waals surface area contributed by atoms with Gasteiger partial charge < -0.3 is 64.0 Å². The van der Waals surface area contributed by atoms with Gasteiger partial charge in [-0.1, -0.05) is 19.9 Å². The van der Waals surface area contributed by atoms with Crippen molar-refractivity contribution in [2.45, 2.75) is 151 Å². The van der Waals surface area contributed by atoms with Gasteiger partial charge in [0.15, 0.2) is 12.6 Å². The van der Waals surface area contributed by atoms with Gasteiger partial charge in [0.05, 0.1) is 41.0 Å². The van der Waals surface area contributed by atoms with Crippen LogP contribution in [0.3, 0.4) is 0 Å². The Hall–Kier alpha value is -0.320. The Bertz CT molecular complexity index is 1470. The van der Waals surface area contributed by atoms with Crippen molar-refractivity contribution in [2.24, 2.45) is 28.1 Å². The van der Waals surface area contributed by atoms with E-state index >= 15 is 0 Å². The fraction of sp³-hybridized carbons (Fsp3) is 0.917. The number of hydrogen-bond donors (Lipinski definition) is 7. The van der Waals surface area contributed by atoms with Crippen LogP contribution in [0, 0.1) is 28.1 Å². The molecule has 2 aliphatic heterocycles. The van der Waals surface area contributed by atoms with Gasteiger partial charge in [0.2, 0.25) is 0 Å². The Labute approximate surface area is 338 Å². The minimum Gasteiger partial charge on any atom is -0.748 e. The molecule has 2 heterocycles. The minimum absolute atomic E-state index is 0. The third-order valence-electron chi connectivity index (χ3n) is 13.9. The zero-order valence-corrected chi connectivity index (χ0v) is 34.3. The summed E-state index contributed by atoms with van der Waals surface area (Å²) < 4.78 is 62.9. The molecule has 0 aromatic carbocycles. The number of aliphatic hydroxyl groups excluding tert-OH is 7. The van der Waals surface area contributed by atoms with Gasteiger partial charge in [-0.3, -0.25) is 4.79 Å². The molecule has 54 heavy (non-hydrogen) atoms. The molecule has 4 saturated carbocycles. The smallest absolute Gasteiger partial charge is 0.748 e. The SMILES string of the molecule is C=C1C[C@@]23CC[C@H]4[C@@](C)(CCC[C@@]4(C)C(=O)OCCCCS(=O)(=O)[O-])[C@@H]2CC[C@]1(O[C@@H]1O[C@@H](CO)[C@@H](O)[C@H](O)[C@@H]1O[C@@H]1O[C@@H](CO)[C@@H](O)[C@H](O)[C@@H]1O)C3.[Na+]. The van der Waals surface area contributed by atoms with Crippen LogP contribution in [0.2, 0.25) is 0 Å². The second kappa shape index (κ2) is 16.7. The molecule has 18 heteroatoms. The molecule has 7 N–H and O–H groups in total. The number of aliphatic hydroxyl groups is 7. The van der Waals surface area contributed by atoms with Gasteiger partial charge in [-0.2, -0.15) is 0 Å². The van der Waals surface area contributed by atoms with Gasteiger partial charge >= 0.3 is 35.5 Å². The van der Waals surface area contributed by atoms with E-state index in [1.54, 1.807) is 0 Å². The van der Waals surface area contributed by atoms with Gasteiger partial charge in [-0.15, -0.1) is 0 Å². The molecule has 2 bridgehead atoms. The summed E-state index contributed by atoms with van der Waals surface area (Å²) in [5, 5.41) is 73.0. The normalized spacial score (nSPS) is 47.6. The topological polar surface area (TPSA) is 262 Å². The van der Waals surface area contributed by atoms with E-state index in [4.69, 9.17) is 23.7 Å². The summed E-state index contributed by atoms with van der Waals surface area (Å²) in [5.74, 6) is -0.536. The Balaban J connectivity index is 0.00000561. The van der Waals surface area contributed by atoms with E-state index in [0.717, 1.165) is 37.7 Å². The summed E-state index contributed by atoms with van der Waals surface area (Å²) in [5.41, 5.74) is -1.27. The number of esters is 1. The van der Waals surface area contributed by atoms with E-state index in [0.29, 0.717) is 25.7 Å². The Morgan fingerprint density at radius 3 is 2.15 bits per heavy atom. The molecule has 6 rings (SSSR count). The average Bonchev–Trinajstić information content (AvgIpc) is 3.30. The van der Waals surface area contributed by atoms with E-state index in [1.807, 2.05) is 6.92 Å². The van der Waals surface area contributed by atoms with Gasteiger partial charge in [-0.25, -0.2) is 8.42 Å². The summed E-state index contributed by atoms with van der Waals surface area (Å²) in [6.07, 6.45) is -8.65. The first-order valence-corrected chi connectivity index (χ1v) is 20.5. The molecule has 4 aliphatic carbocycles.